The molecule has 9 rings (SSSR count). The van der Waals surface area contributed by atoms with Crippen LogP contribution in [0.15, 0.2) is 77.7 Å². The van der Waals surface area contributed by atoms with E-state index >= 15 is 8.78 Å². The molecule has 1 saturated carbocycles. The molecule has 14 nitrogen and oxygen atoms in total. The third-order valence-corrected chi connectivity index (χ3v) is 13.0. The summed E-state index contributed by atoms with van der Waals surface area (Å²) in [5, 5.41) is 9.99. The molecule has 3 aromatic carbocycles. The summed E-state index contributed by atoms with van der Waals surface area (Å²) < 4.78 is 153. The highest BCUT2D eigenvalue weighted by Gasteiger charge is 2.67. The van der Waals surface area contributed by atoms with Gasteiger partial charge >= 0.3 is 0 Å². The normalized spacial score (nSPS) is 16.7. The molecule has 1 N–H and O–H groups in total. The number of pyridine rings is 1. The van der Waals surface area contributed by atoms with Crippen molar-refractivity contribution in [2.24, 2.45) is 5.92 Å². The van der Waals surface area contributed by atoms with E-state index in [1.807, 2.05) is 0 Å². The Morgan fingerprint density at radius 2 is 1.72 bits per heavy atom. The van der Waals surface area contributed by atoms with Crippen LogP contribution in [0.25, 0.3) is 27.6 Å². The summed E-state index contributed by atoms with van der Waals surface area (Å²) in [5.41, 5.74) is -3.62. The Balaban J connectivity index is 1.24. The number of hydrogen-bond acceptors (Lipinski definition) is 9. The third kappa shape index (κ3) is 8.31. The Morgan fingerprint density at radius 3 is 2.37 bits per heavy atom. The standard InChI is InChI=1S/C43H34ClF8N9O5S/c1-66-24-7-5-20(6-8-24)17-60(67(2,64)65)41-34-28(44)9-10-30(36(34)58(57-41)18-31(47)48)61-40(55-39-25(42(61)63)4-3-11-53-39)29(14-21-12-22(45)15-23(46)13-21)54-32(62)19-59-37-33(35(56-59)38(49)50)26-16-27(26)43(37,51)52/h3-13,15,26-27,29,31,38H,14,16-19H2,1-2H3,(H,54,62)/t26-,27+,29-/m0/s1. The first-order chi connectivity index (χ1) is 31.7. The second-order valence-electron chi connectivity index (χ2n) is 16.1. The molecule has 4 heterocycles. The van der Waals surface area contributed by atoms with Gasteiger partial charge < -0.3 is 10.1 Å². The number of nitrogens with one attached hydrogen (secondary N) is 1. The van der Waals surface area contributed by atoms with Gasteiger partial charge in [-0.05, 0) is 72.0 Å². The second-order valence-corrected chi connectivity index (χ2v) is 18.4. The van der Waals surface area contributed by atoms with E-state index in [1.54, 1.807) is 24.3 Å². The monoisotopic (exact) mass is 975 g/mol. The second kappa shape index (κ2) is 16.9. The summed E-state index contributed by atoms with van der Waals surface area (Å²) in [7, 11) is -2.87. The number of hydrogen-bond donors (Lipinski definition) is 1. The lowest BCUT2D eigenvalue weighted by molar-refractivity contribution is -0.123. The van der Waals surface area contributed by atoms with Gasteiger partial charge in [0.2, 0.25) is 15.9 Å². The maximum absolute atomic E-state index is 15.5. The van der Waals surface area contributed by atoms with Crippen LogP contribution in [-0.2, 0) is 46.8 Å². The van der Waals surface area contributed by atoms with Crippen molar-refractivity contribution >= 4 is 55.3 Å². The minimum Gasteiger partial charge on any atom is -0.497 e. The van der Waals surface area contributed by atoms with Gasteiger partial charge in [-0.25, -0.2) is 49.0 Å². The van der Waals surface area contributed by atoms with Crippen molar-refractivity contribution in [3.63, 3.8) is 0 Å². The molecule has 350 valence electrons. The average Bonchev–Trinajstić information content (AvgIpc) is 3.77. The molecule has 0 unspecified atom stereocenters. The lowest BCUT2D eigenvalue weighted by atomic mass is 10.0. The minimum atomic E-state index is -4.30. The van der Waals surface area contributed by atoms with Crippen molar-refractivity contribution < 1.29 is 53.1 Å². The average molecular weight is 976 g/mol. The van der Waals surface area contributed by atoms with Crippen molar-refractivity contribution in [2.75, 3.05) is 17.7 Å². The van der Waals surface area contributed by atoms with Crippen LogP contribution in [0.5, 0.6) is 5.75 Å². The van der Waals surface area contributed by atoms with Crippen molar-refractivity contribution in [2.45, 2.75) is 63.2 Å². The zero-order valence-electron chi connectivity index (χ0n) is 34.8. The Bertz CT molecular complexity index is 3280. The van der Waals surface area contributed by atoms with Crippen LogP contribution in [0.2, 0.25) is 5.02 Å². The fourth-order valence-corrected chi connectivity index (χ4v) is 9.80. The molecule has 0 saturated heterocycles. The van der Waals surface area contributed by atoms with Gasteiger partial charge in [0.15, 0.2) is 11.5 Å². The molecule has 24 heteroatoms. The molecular weight excluding hydrogens is 942 g/mol. The Labute approximate surface area is 378 Å². The van der Waals surface area contributed by atoms with Gasteiger partial charge in [0.25, 0.3) is 24.3 Å². The van der Waals surface area contributed by atoms with Crippen molar-refractivity contribution in [1.82, 2.24) is 39.4 Å². The number of alkyl halides is 6. The highest BCUT2D eigenvalue weighted by Crippen LogP contribution is 2.68. The molecule has 1 fully saturated rings. The molecule has 67 heavy (non-hydrogen) atoms. The van der Waals surface area contributed by atoms with Gasteiger partial charge in [-0.1, -0.05) is 23.7 Å². The summed E-state index contributed by atoms with van der Waals surface area (Å²) in [4.78, 5) is 37.8. The molecule has 0 bridgehead atoms. The highest BCUT2D eigenvalue weighted by atomic mass is 35.5. The van der Waals surface area contributed by atoms with E-state index < -0.39 is 112 Å². The van der Waals surface area contributed by atoms with Gasteiger partial charge in [-0.2, -0.15) is 19.0 Å². The number of halogens is 9. The number of carbonyl (C=O) groups excluding carboxylic acids is 1. The Morgan fingerprint density at radius 1 is 1.00 bits per heavy atom. The summed E-state index contributed by atoms with van der Waals surface area (Å²) >= 11 is 6.79. The van der Waals surface area contributed by atoms with Crippen LogP contribution in [0.4, 0.5) is 40.9 Å². The molecule has 2 aliphatic carbocycles. The van der Waals surface area contributed by atoms with E-state index in [0.717, 1.165) is 31.9 Å². The number of ether oxygens (including phenoxy) is 1. The van der Waals surface area contributed by atoms with Gasteiger partial charge in [0.1, 0.15) is 47.7 Å². The number of anilines is 1. The number of amides is 1. The van der Waals surface area contributed by atoms with E-state index in [4.69, 9.17) is 16.3 Å². The number of rotatable bonds is 15. The van der Waals surface area contributed by atoms with Crippen molar-refractivity contribution in [3.8, 4) is 11.4 Å². The number of aromatic nitrogens is 7. The Hall–Kier alpha value is -6.62. The number of sulfonamides is 1. The largest absolute Gasteiger partial charge is 0.497 e. The first kappa shape index (κ1) is 45.5. The maximum Gasteiger partial charge on any atom is 0.293 e. The van der Waals surface area contributed by atoms with E-state index in [1.165, 1.54) is 37.6 Å². The van der Waals surface area contributed by atoms with E-state index in [0.29, 0.717) is 22.1 Å². The zero-order valence-corrected chi connectivity index (χ0v) is 36.4. The summed E-state index contributed by atoms with van der Waals surface area (Å²) in [6, 6.07) is 12.1. The van der Waals surface area contributed by atoms with Gasteiger partial charge in [0, 0.05) is 30.2 Å². The molecule has 3 atom stereocenters. The molecule has 4 aromatic heterocycles. The maximum atomic E-state index is 15.5. The van der Waals surface area contributed by atoms with E-state index in [9.17, 15) is 44.3 Å². The van der Waals surface area contributed by atoms with Crippen LogP contribution < -0.4 is 19.9 Å². The molecule has 0 aliphatic heterocycles. The molecule has 0 radical (unpaired) electrons. The minimum absolute atomic E-state index is 0.0479. The zero-order chi connectivity index (χ0) is 47.9. The number of fused-ring (bicyclic) bond motifs is 5. The SMILES string of the molecule is COc1ccc(CN(c2nn(CC(F)F)c3c(-n4c([C@H](Cc5cc(F)cc(F)c5)NC(=O)Cn5nc(C(F)F)c6c5C(F)(F)[C@@H]5C[C@H]65)nc5ncccc5c4=O)ccc(Cl)c23)S(C)(=O)=O)cc1. The smallest absolute Gasteiger partial charge is 0.293 e. The molecule has 2 aliphatic rings. The first-order valence-electron chi connectivity index (χ1n) is 20.2. The van der Waals surface area contributed by atoms with Gasteiger partial charge in [-0.15, -0.1) is 0 Å². The predicted octanol–water partition coefficient (Wildman–Crippen LogP) is 7.75. The van der Waals surface area contributed by atoms with Crippen molar-refractivity contribution in [1.29, 1.82) is 0 Å². The number of methoxy groups -OCH3 is 1. The van der Waals surface area contributed by atoms with Crippen LogP contribution in [-0.4, -0.2) is 68.2 Å². The van der Waals surface area contributed by atoms with Gasteiger partial charge in [-0.3, -0.25) is 23.5 Å². The summed E-state index contributed by atoms with van der Waals surface area (Å²) in [6.07, 6.45) is -4.90. The van der Waals surface area contributed by atoms with E-state index in [-0.39, 0.29) is 56.7 Å². The lowest BCUT2D eigenvalue weighted by Gasteiger charge is -2.24. The number of benzene rings is 3. The van der Waals surface area contributed by atoms with Crippen LogP contribution in [0, 0.1) is 17.6 Å². The number of nitrogens with zero attached hydrogens (tertiary/aromatic N) is 8. The van der Waals surface area contributed by atoms with Crippen LogP contribution in [0.3, 0.4) is 0 Å². The highest BCUT2D eigenvalue weighted by molar-refractivity contribution is 7.92. The quantitative estimate of drug-likeness (QED) is 0.102. The first-order valence-corrected chi connectivity index (χ1v) is 22.4. The van der Waals surface area contributed by atoms with Gasteiger partial charge in [0.05, 0.1) is 53.0 Å². The topological polar surface area (TPSA) is 159 Å². The van der Waals surface area contributed by atoms with Crippen molar-refractivity contribution in [3.05, 3.63) is 134 Å². The molecule has 0 spiro atoms. The lowest BCUT2D eigenvalue weighted by Crippen LogP contribution is -2.38. The fourth-order valence-electron chi connectivity index (χ4n) is 8.74. The third-order valence-electron chi connectivity index (χ3n) is 11.6. The summed E-state index contributed by atoms with van der Waals surface area (Å²) in [5.74, 6) is -9.43. The summed E-state index contributed by atoms with van der Waals surface area (Å²) in [6.45, 7) is -2.64. The molecule has 7 aromatic rings. The van der Waals surface area contributed by atoms with Crippen LogP contribution >= 0.6 is 11.6 Å². The fraction of sp³-hybridized carbons (Fsp3) is 0.302. The predicted molar refractivity (Wildman–Crippen MR) is 226 cm³/mol. The van der Waals surface area contributed by atoms with Crippen LogP contribution in [0.1, 0.15) is 58.7 Å². The Kier molecular flexibility index (Phi) is 11.5. The molecule has 1 amide bonds. The molecular formula is C43H34ClF8N9O5S. The van der Waals surface area contributed by atoms with E-state index in [2.05, 4.69) is 25.5 Å². The number of carbonyl (C=O) groups is 1.